The second-order valence-corrected chi connectivity index (χ2v) is 7.79. The van der Waals surface area contributed by atoms with Gasteiger partial charge in [-0.3, -0.25) is 4.79 Å². The zero-order valence-corrected chi connectivity index (χ0v) is 15.8. The largest absolute Gasteiger partial charge is 0.497 e. The average molecular weight is 365 g/mol. The van der Waals surface area contributed by atoms with E-state index < -0.39 is 5.60 Å². The van der Waals surface area contributed by atoms with Crippen LogP contribution in [0.4, 0.5) is 0 Å². The molecule has 0 bridgehead atoms. The molecule has 2 aromatic carbocycles. The highest BCUT2D eigenvalue weighted by Crippen LogP contribution is 2.49. The van der Waals surface area contributed by atoms with Gasteiger partial charge in [-0.25, -0.2) is 0 Å². The maximum absolute atomic E-state index is 13.3. The SMILES string of the molecule is COc1ccc([C@H]2[C@@H]3CCCC[C@@]3(O)CCN2C(=O)c2ccccc2)cc1. The van der Waals surface area contributed by atoms with Crippen LogP contribution in [0, 0.1) is 5.92 Å². The molecule has 1 saturated carbocycles. The fraction of sp³-hybridized carbons (Fsp3) is 0.435. The van der Waals surface area contributed by atoms with Crippen molar-refractivity contribution < 1.29 is 14.6 Å². The molecule has 1 aliphatic carbocycles. The highest BCUT2D eigenvalue weighted by Gasteiger charge is 2.50. The number of hydrogen-bond donors (Lipinski definition) is 1. The summed E-state index contributed by atoms with van der Waals surface area (Å²) in [5.74, 6) is 0.916. The van der Waals surface area contributed by atoms with Gasteiger partial charge in [0.05, 0.1) is 18.8 Å². The predicted molar refractivity (Wildman–Crippen MR) is 105 cm³/mol. The van der Waals surface area contributed by atoms with E-state index in [1.54, 1.807) is 7.11 Å². The van der Waals surface area contributed by atoms with E-state index >= 15 is 0 Å². The summed E-state index contributed by atoms with van der Waals surface area (Å²) in [7, 11) is 1.65. The lowest BCUT2D eigenvalue weighted by Crippen LogP contribution is -2.56. The van der Waals surface area contributed by atoms with Gasteiger partial charge in [0.15, 0.2) is 0 Å². The summed E-state index contributed by atoms with van der Waals surface area (Å²) in [5.41, 5.74) is 1.11. The molecule has 1 N–H and O–H groups in total. The van der Waals surface area contributed by atoms with E-state index in [4.69, 9.17) is 4.74 Å². The summed E-state index contributed by atoms with van der Waals surface area (Å²) in [5, 5.41) is 11.3. The van der Waals surface area contributed by atoms with Gasteiger partial charge in [-0.05, 0) is 49.1 Å². The highest BCUT2D eigenvalue weighted by atomic mass is 16.5. The van der Waals surface area contributed by atoms with Crippen LogP contribution in [0.2, 0.25) is 0 Å². The van der Waals surface area contributed by atoms with Crippen molar-refractivity contribution in [3.63, 3.8) is 0 Å². The van der Waals surface area contributed by atoms with Gasteiger partial charge in [-0.1, -0.05) is 43.2 Å². The van der Waals surface area contributed by atoms with Crippen molar-refractivity contribution >= 4 is 5.91 Å². The first-order valence-electron chi connectivity index (χ1n) is 9.85. The number of amides is 1. The molecule has 0 aromatic heterocycles. The van der Waals surface area contributed by atoms with Crippen molar-refractivity contribution in [3.05, 3.63) is 65.7 Å². The topological polar surface area (TPSA) is 49.8 Å². The van der Waals surface area contributed by atoms with Crippen molar-refractivity contribution in [2.45, 2.75) is 43.7 Å². The fourth-order valence-corrected chi connectivity index (χ4v) is 4.87. The summed E-state index contributed by atoms with van der Waals surface area (Å²) < 4.78 is 5.30. The molecular formula is C23H27NO3. The Bertz CT molecular complexity index is 789. The summed E-state index contributed by atoms with van der Waals surface area (Å²) in [6.07, 6.45) is 4.61. The number of likely N-dealkylation sites (tertiary alicyclic amines) is 1. The molecule has 0 unspecified atom stereocenters. The summed E-state index contributed by atoms with van der Waals surface area (Å²) in [6, 6.07) is 17.3. The second kappa shape index (κ2) is 7.35. The lowest BCUT2D eigenvalue weighted by Gasteiger charge is -2.52. The van der Waals surface area contributed by atoms with Gasteiger partial charge < -0.3 is 14.7 Å². The number of benzene rings is 2. The van der Waals surface area contributed by atoms with E-state index in [9.17, 15) is 9.90 Å². The molecule has 4 nitrogen and oxygen atoms in total. The number of fused-ring (bicyclic) bond motifs is 1. The fourth-order valence-electron chi connectivity index (χ4n) is 4.87. The van der Waals surface area contributed by atoms with E-state index in [1.807, 2.05) is 59.5 Å². The number of methoxy groups -OCH3 is 1. The van der Waals surface area contributed by atoms with E-state index in [-0.39, 0.29) is 17.9 Å². The molecule has 3 atom stereocenters. The third kappa shape index (κ3) is 3.34. The monoisotopic (exact) mass is 365 g/mol. The second-order valence-electron chi connectivity index (χ2n) is 7.79. The number of rotatable bonds is 3. The van der Waals surface area contributed by atoms with E-state index in [0.717, 1.165) is 37.0 Å². The predicted octanol–water partition coefficient (Wildman–Crippen LogP) is 4.20. The Morgan fingerprint density at radius 1 is 1.07 bits per heavy atom. The first-order valence-corrected chi connectivity index (χ1v) is 9.85. The molecule has 2 aromatic rings. The minimum absolute atomic E-state index is 0.0454. The van der Waals surface area contributed by atoms with Crippen molar-refractivity contribution in [1.82, 2.24) is 4.90 Å². The maximum Gasteiger partial charge on any atom is 0.254 e. The molecule has 1 heterocycles. The van der Waals surface area contributed by atoms with Crippen molar-refractivity contribution in [2.75, 3.05) is 13.7 Å². The number of carbonyl (C=O) groups is 1. The lowest BCUT2D eigenvalue weighted by atomic mass is 9.66. The maximum atomic E-state index is 13.3. The molecule has 0 radical (unpaired) electrons. The summed E-state index contributed by atoms with van der Waals surface area (Å²) in [6.45, 7) is 0.581. The summed E-state index contributed by atoms with van der Waals surface area (Å²) >= 11 is 0. The zero-order chi connectivity index (χ0) is 18.9. The van der Waals surface area contributed by atoms with E-state index in [0.29, 0.717) is 18.5 Å². The molecule has 4 heteroatoms. The minimum atomic E-state index is -0.670. The average Bonchev–Trinajstić information content (AvgIpc) is 2.73. The number of ether oxygens (including phenoxy) is 1. The quantitative estimate of drug-likeness (QED) is 0.887. The van der Waals surface area contributed by atoms with Gasteiger partial charge in [0.25, 0.3) is 5.91 Å². The molecular weight excluding hydrogens is 338 g/mol. The molecule has 27 heavy (non-hydrogen) atoms. The minimum Gasteiger partial charge on any atom is -0.497 e. The normalized spacial score (nSPS) is 27.7. The Hall–Kier alpha value is -2.33. The molecule has 1 saturated heterocycles. The van der Waals surface area contributed by atoms with Crippen LogP contribution in [0.15, 0.2) is 54.6 Å². The number of nitrogens with zero attached hydrogens (tertiary/aromatic N) is 1. The third-order valence-corrected chi connectivity index (χ3v) is 6.31. The van der Waals surface area contributed by atoms with Crippen LogP contribution in [0.5, 0.6) is 5.75 Å². The van der Waals surface area contributed by atoms with Crippen LogP contribution < -0.4 is 4.74 Å². The Balaban J connectivity index is 1.73. The van der Waals surface area contributed by atoms with Crippen molar-refractivity contribution in [3.8, 4) is 5.75 Å². The molecule has 4 rings (SSSR count). The van der Waals surface area contributed by atoms with Gasteiger partial charge in [0, 0.05) is 18.0 Å². The highest BCUT2D eigenvalue weighted by molar-refractivity contribution is 5.94. The van der Waals surface area contributed by atoms with Gasteiger partial charge in [0.2, 0.25) is 0 Å². The lowest BCUT2D eigenvalue weighted by molar-refractivity contribution is -0.115. The van der Waals surface area contributed by atoms with Crippen LogP contribution in [-0.4, -0.2) is 35.2 Å². The van der Waals surface area contributed by atoms with Crippen LogP contribution >= 0.6 is 0 Å². The molecule has 2 aliphatic rings. The molecule has 2 fully saturated rings. The first-order chi connectivity index (χ1) is 13.1. The number of hydrogen-bond acceptors (Lipinski definition) is 3. The molecule has 0 spiro atoms. The third-order valence-electron chi connectivity index (χ3n) is 6.31. The Morgan fingerprint density at radius 3 is 2.52 bits per heavy atom. The van der Waals surface area contributed by atoms with Gasteiger partial charge in [0.1, 0.15) is 5.75 Å². The standard InChI is InChI=1S/C23H27NO3/c1-27-19-12-10-17(11-13-19)21-20-9-5-6-14-23(20,26)15-16-24(21)22(25)18-7-3-2-4-8-18/h2-4,7-8,10-13,20-21,26H,5-6,9,14-16H2,1H3/t20-,21-,23+/m0/s1. The summed E-state index contributed by atoms with van der Waals surface area (Å²) in [4.78, 5) is 15.3. The smallest absolute Gasteiger partial charge is 0.254 e. The molecule has 142 valence electrons. The number of piperidine rings is 1. The Morgan fingerprint density at radius 2 is 1.81 bits per heavy atom. The van der Waals surface area contributed by atoms with Gasteiger partial charge >= 0.3 is 0 Å². The van der Waals surface area contributed by atoms with E-state index in [1.165, 1.54) is 0 Å². The van der Waals surface area contributed by atoms with Gasteiger partial charge in [-0.15, -0.1) is 0 Å². The van der Waals surface area contributed by atoms with Crippen LogP contribution in [0.1, 0.15) is 54.1 Å². The Labute approximate surface area is 160 Å². The number of carbonyl (C=O) groups excluding carboxylic acids is 1. The molecule has 1 aliphatic heterocycles. The molecule has 1 amide bonds. The first kappa shape index (κ1) is 18.1. The number of aliphatic hydroxyl groups is 1. The van der Waals surface area contributed by atoms with Crippen LogP contribution in [-0.2, 0) is 0 Å². The van der Waals surface area contributed by atoms with Gasteiger partial charge in [-0.2, -0.15) is 0 Å². The Kier molecular flexibility index (Phi) is 4.92. The van der Waals surface area contributed by atoms with Crippen LogP contribution in [0.25, 0.3) is 0 Å². The van der Waals surface area contributed by atoms with Crippen LogP contribution in [0.3, 0.4) is 0 Å². The van der Waals surface area contributed by atoms with E-state index in [2.05, 4.69) is 0 Å². The van der Waals surface area contributed by atoms with Crippen molar-refractivity contribution in [1.29, 1.82) is 0 Å². The zero-order valence-electron chi connectivity index (χ0n) is 15.8. The van der Waals surface area contributed by atoms with Crippen molar-refractivity contribution in [2.24, 2.45) is 5.92 Å².